The summed E-state index contributed by atoms with van der Waals surface area (Å²) >= 11 is 0. The van der Waals surface area contributed by atoms with Crippen molar-refractivity contribution < 1.29 is 35.7 Å². The quantitative estimate of drug-likeness (QED) is 0.628. The molecule has 0 saturated heterocycles. The Morgan fingerprint density at radius 2 is 1.88 bits per heavy atom. The minimum atomic E-state index is -4.75. The highest BCUT2D eigenvalue weighted by atomic mass is 32.2. The molecule has 1 aromatic rings. The third kappa shape index (κ3) is 4.14. The van der Waals surface area contributed by atoms with Crippen LogP contribution in [0.3, 0.4) is 0 Å². The Hall–Kier alpha value is -0.860. The summed E-state index contributed by atoms with van der Waals surface area (Å²) in [4.78, 5) is 15.7. The summed E-state index contributed by atoms with van der Waals surface area (Å²) in [5.74, 6) is -2.30. The molecule has 6 nitrogen and oxygen atoms in total. The largest absolute Gasteiger partial charge is 0.352 e. The SMILES string of the molecule is O=P(O)(O)COS(=O)(=O)c1cc(F)ccc1F. The molecule has 0 aliphatic rings. The average Bonchev–Trinajstić information content (AvgIpc) is 2.18. The average molecular weight is 288 g/mol. The van der Waals surface area contributed by atoms with E-state index < -0.39 is 40.6 Å². The molecule has 0 bridgehead atoms. The molecule has 0 spiro atoms. The van der Waals surface area contributed by atoms with Crippen molar-refractivity contribution in [3.63, 3.8) is 0 Å². The summed E-state index contributed by atoms with van der Waals surface area (Å²) in [5.41, 5.74) is 0. The summed E-state index contributed by atoms with van der Waals surface area (Å²) in [6, 6.07) is 1.60. The van der Waals surface area contributed by atoms with Crippen LogP contribution in [0.2, 0.25) is 0 Å². The fourth-order valence-corrected chi connectivity index (χ4v) is 2.67. The molecule has 0 atom stereocenters. The summed E-state index contributed by atoms with van der Waals surface area (Å²) in [6.45, 7) is 0. The van der Waals surface area contributed by atoms with Crippen LogP contribution in [-0.4, -0.2) is 24.6 Å². The number of benzene rings is 1. The van der Waals surface area contributed by atoms with Crippen molar-refractivity contribution >= 4 is 17.7 Å². The predicted octanol–water partition coefficient (Wildman–Crippen LogP) is 0.805. The highest BCUT2D eigenvalue weighted by molar-refractivity contribution is 7.87. The van der Waals surface area contributed by atoms with Gasteiger partial charge < -0.3 is 9.79 Å². The molecule has 17 heavy (non-hydrogen) atoms. The van der Waals surface area contributed by atoms with Gasteiger partial charge in [0.1, 0.15) is 16.5 Å². The van der Waals surface area contributed by atoms with E-state index in [1.807, 2.05) is 0 Å². The molecule has 96 valence electrons. The van der Waals surface area contributed by atoms with Crippen molar-refractivity contribution in [2.75, 3.05) is 6.35 Å². The first-order valence-electron chi connectivity index (χ1n) is 4.01. The Bertz CT molecular complexity index is 566. The first-order chi connectivity index (χ1) is 7.62. The lowest BCUT2D eigenvalue weighted by Crippen LogP contribution is -2.10. The van der Waals surface area contributed by atoms with Gasteiger partial charge in [0.2, 0.25) is 0 Å². The fraction of sp³-hybridized carbons (Fsp3) is 0.143. The van der Waals surface area contributed by atoms with Crippen molar-refractivity contribution in [2.45, 2.75) is 4.90 Å². The van der Waals surface area contributed by atoms with E-state index in [1.54, 1.807) is 0 Å². The number of hydrogen-bond donors (Lipinski definition) is 2. The molecule has 0 amide bonds. The van der Waals surface area contributed by atoms with Crippen molar-refractivity contribution in [1.29, 1.82) is 0 Å². The highest BCUT2D eigenvalue weighted by Gasteiger charge is 2.25. The van der Waals surface area contributed by atoms with Crippen LogP contribution >= 0.6 is 7.60 Å². The van der Waals surface area contributed by atoms with Crippen LogP contribution in [0.1, 0.15) is 0 Å². The van der Waals surface area contributed by atoms with E-state index in [2.05, 4.69) is 4.18 Å². The maximum absolute atomic E-state index is 13.1. The first kappa shape index (κ1) is 14.2. The van der Waals surface area contributed by atoms with Gasteiger partial charge in [0, 0.05) is 0 Å². The Kier molecular flexibility index (Phi) is 4.00. The molecular formula is C7H7F2O6PS. The van der Waals surface area contributed by atoms with Crippen molar-refractivity contribution in [3.8, 4) is 0 Å². The molecule has 0 unspecified atom stereocenters. The lowest BCUT2D eigenvalue weighted by molar-refractivity contribution is 0.300. The molecule has 0 aromatic heterocycles. The van der Waals surface area contributed by atoms with Gasteiger partial charge in [-0.2, -0.15) is 8.42 Å². The number of halogens is 2. The summed E-state index contributed by atoms with van der Waals surface area (Å²) in [7, 11) is -9.48. The Morgan fingerprint density at radius 3 is 2.41 bits per heavy atom. The molecule has 0 radical (unpaired) electrons. The van der Waals surface area contributed by atoms with Gasteiger partial charge >= 0.3 is 17.7 Å². The topological polar surface area (TPSA) is 101 Å². The molecule has 2 N–H and O–H groups in total. The second-order valence-corrected chi connectivity index (χ2v) is 6.11. The van der Waals surface area contributed by atoms with Crippen molar-refractivity contribution in [2.24, 2.45) is 0 Å². The van der Waals surface area contributed by atoms with E-state index in [0.717, 1.165) is 0 Å². The Labute approximate surface area is 95.1 Å². The van der Waals surface area contributed by atoms with E-state index >= 15 is 0 Å². The monoisotopic (exact) mass is 288 g/mol. The second-order valence-electron chi connectivity index (χ2n) is 2.94. The van der Waals surface area contributed by atoms with Crippen LogP contribution in [0.15, 0.2) is 23.1 Å². The molecule has 1 aromatic carbocycles. The fourth-order valence-electron chi connectivity index (χ4n) is 0.870. The van der Waals surface area contributed by atoms with E-state index in [0.29, 0.717) is 18.2 Å². The van der Waals surface area contributed by atoms with Gasteiger partial charge in [0.15, 0.2) is 6.35 Å². The molecule has 0 heterocycles. The van der Waals surface area contributed by atoms with E-state index in [4.69, 9.17) is 9.79 Å². The van der Waals surface area contributed by atoms with Gasteiger partial charge in [-0.3, -0.25) is 8.75 Å². The van der Waals surface area contributed by atoms with Crippen LogP contribution in [0.25, 0.3) is 0 Å². The lowest BCUT2D eigenvalue weighted by atomic mass is 10.3. The molecule has 10 heteroatoms. The number of rotatable bonds is 4. The van der Waals surface area contributed by atoms with Gasteiger partial charge in [0.05, 0.1) is 0 Å². The lowest BCUT2D eigenvalue weighted by Gasteiger charge is -2.07. The minimum Gasteiger partial charge on any atom is -0.323 e. The van der Waals surface area contributed by atoms with E-state index in [9.17, 15) is 21.8 Å². The molecule has 0 aliphatic heterocycles. The Morgan fingerprint density at radius 1 is 1.29 bits per heavy atom. The smallest absolute Gasteiger partial charge is 0.323 e. The van der Waals surface area contributed by atoms with Crippen molar-refractivity contribution in [1.82, 2.24) is 0 Å². The predicted molar refractivity (Wildman–Crippen MR) is 51.5 cm³/mol. The number of hydrogen-bond acceptors (Lipinski definition) is 4. The summed E-state index contributed by atoms with van der Waals surface area (Å²) in [5, 5.41) is 0. The van der Waals surface area contributed by atoms with Crippen LogP contribution < -0.4 is 0 Å². The first-order valence-corrected chi connectivity index (χ1v) is 7.21. The van der Waals surface area contributed by atoms with Crippen LogP contribution in [0.4, 0.5) is 8.78 Å². The summed E-state index contributed by atoms with van der Waals surface area (Å²) < 4.78 is 62.7. The zero-order valence-corrected chi connectivity index (χ0v) is 9.79. The maximum atomic E-state index is 13.1. The Balaban J connectivity index is 3.06. The van der Waals surface area contributed by atoms with Gasteiger partial charge in [-0.25, -0.2) is 8.78 Å². The van der Waals surface area contributed by atoms with E-state index in [1.165, 1.54) is 0 Å². The van der Waals surface area contributed by atoms with Crippen LogP contribution in [0.5, 0.6) is 0 Å². The highest BCUT2D eigenvalue weighted by Crippen LogP contribution is 2.35. The zero-order chi connectivity index (χ0) is 13.3. The van der Waals surface area contributed by atoms with Crippen LogP contribution in [-0.2, 0) is 18.9 Å². The van der Waals surface area contributed by atoms with Crippen LogP contribution in [0, 0.1) is 11.6 Å². The standard InChI is InChI=1S/C7H7F2O6PS/c8-5-1-2-6(9)7(3-5)17(13,14)15-4-16(10,11)12/h1-3H,4H2,(H2,10,11,12). The second kappa shape index (κ2) is 4.79. The molecule has 1 rings (SSSR count). The van der Waals surface area contributed by atoms with Gasteiger partial charge in [-0.1, -0.05) is 0 Å². The molecule has 0 aliphatic carbocycles. The van der Waals surface area contributed by atoms with Gasteiger partial charge in [-0.15, -0.1) is 0 Å². The normalized spacial score (nSPS) is 12.7. The minimum absolute atomic E-state index is 0.352. The molecule has 0 fully saturated rings. The third-order valence-electron chi connectivity index (χ3n) is 1.54. The van der Waals surface area contributed by atoms with Crippen molar-refractivity contribution in [3.05, 3.63) is 29.8 Å². The van der Waals surface area contributed by atoms with E-state index in [-0.39, 0.29) is 0 Å². The maximum Gasteiger partial charge on any atom is 0.352 e. The van der Waals surface area contributed by atoms with Gasteiger partial charge in [0.25, 0.3) is 0 Å². The third-order valence-corrected chi connectivity index (χ3v) is 3.46. The van der Waals surface area contributed by atoms with Gasteiger partial charge in [-0.05, 0) is 18.2 Å². The molecule has 0 saturated carbocycles. The molecular weight excluding hydrogens is 281 g/mol. The summed E-state index contributed by atoms with van der Waals surface area (Å²) in [6.07, 6.45) is -1.44. The zero-order valence-electron chi connectivity index (χ0n) is 8.08.